The van der Waals surface area contributed by atoms with Crippen molar-refractivity contribution in [1.82, 2.24) is 10.2 Å². The lowest BCUT2D eigenvalue weighted by atomic mass is 10.1. The van der Waals surface area contributed by atoms with Gasteiger partial charge in [-0.05, 0) is 20.8 Å². The van der Waals surface area contributed by atoms with Gasteiger partial charge in [-0.2, -0.15) is 0 Å². The molecule has 4 heteroatoms. The summed E-state index contributed by atoms with van der Waals surface area (Å²) in [7, 11) is 0. The van der Waals surface area contributed by atoms with E-state index in [-0.39, 0.29) is 11.9 Å². The lowest BCUT2D eigenvalue weighted by Crippen LogP contribution is -2.40. The van der Waals surface area contributed by atoms with Gasteiger partial charge in [0, 0.05) is 6.54 Å². The van der Waals surface area contributed by atoms with E-state index >= 15 is 0 Å². The quantitative estimate of drug-likeness (QED) is 0.629. The Labute approximate surface area is 79.3 Å². The van der Waals surface area contributed by atoms with Crippen LogP contribution in [0.15, 0.2) is 0 Å². The van der Waals surface area contributed by atoms with Crippen LogP contribution in [0.4, 0.5) is 4.79 Å². The molecule has 0 aliphatic carbocycles. The highest BCUT2D eigenvalue weighted by Crippen LogP contribution is 2.15. The predicted molar refractivity (Wildman–Crippen MR) is 51.3 cm³/mol. The highest BCUT2D eigenvalue weighted by atomic mass is 16.2. The van der Waals surface area contributed by atoms with Gasteiger partial charge in [-0.15, -0.1) is 0 Å². The Bertz CT molecular complexity index is 212. The van der Waals surface area contributed by atoms with Crippen LogP contribution < -0.4 is 5.32 Å². The van der Waals surface area contributed by atoms with Crippen LogP contribution in [0.25, 0.3) is 0 Å². The normalized spacial score (nSPS) is 19.3. The summed E-state index contributed by atoms with van der Waals surface area (Å²) >= 11 is 0. The number of hydrogen-bond donors (Lipinski definition) is 1. The number of carbonyl (C=O) groups is 2. The zero-order valence-electron chi connectivity index (χ0n) is 8.97. The summed E-state index contributed by atoms with van der Waals surface area (Å²) in [4.78, 5) is 23.5. The number of nitrogens with one attached hydrogen (secondary N) is 1. The first kappa shape index (κ1) is 11.9. The SMILES string of the molecule is CC.CCN1C(=O)NC(C)(C)C1=O. The zero-order valence-corrected chi connectivity index (χ0v) is 8.97. The van der Waals surface area contributed by atoms with Crippen LogP contribution in [0.3, 0.4) is 0 Å². The van der Waals surface area contributed by atoms with Gasteiger partial charge in [-0.25, -0.2) is 4.79 Å². The molecule has 1 aliphatic heterocycles. The first-order chi connectivity index (χ1) is 5.99. The van der Waals surface area contributed by atoms with Crippen LogP contribution in [0, 0.1) is 0 Å². The topological polar surface area (TPSA) is 49.4 Å². The third-order valence-electron chi connectivity index (χ3n) is 1.76. The predicted octanol–water partition coefficient (Wildman–Crippen LogP) is 1.36. The molecule has 1 heterocycles. The highest BCUT2D eigenvalue weighted by Gasteiger charge is 2.43. The number of urea groups is 1. The van der Waals surface area contributed by atoms with Crippen LogP contribution in [-0.2, 0) is 4.79 Å². The van der Waals surface area contributed by atoms with Crippen LogP contribution in [-0.4, -0.2) is 28.9 Å². The Balaban J connectivity index is 0.000000671. The molecule has 0 atom stereocenters. The largest absolute Gasteiger partial charge is 0.324 e. The molecule has 0 unspecified atom stereocenters. The van der Waals surface area contributed by atoms with Crippen molar-refractivity contribution in [1.29, 1.82) is 0 Å². The van der Waals surface area contributed by atoms with Crippen LogP contribution in [0.5, 0.6) is 0 Å². The first-order valence-corrected chi connectivity index (χ1v) is 4.63. The number of likely N-dealkylation sites (N-methyl/N-ethyl adjacent to an activating group) is 1. The van der Waals surface area contributed by atoms with Gasteiger partial charge in [-0.1, -0.05) is 13.8 Å². The third kappa shape index (κ3) is 2.20. The molecule has 1 saturated heterocycles. The van der Waals surface area contributed by atoms with Crippen molar-refractivity contribution >= 4 is 11.9 Å². The minimum absolute atomic E-state index is 0.148. The Kier molecular flexibility index (Phi) is 3.91. The number of amides is 3. The minimum Gasteiger partial charge on any atom is -0.324 e. The molecule has 13 heavy (non-hydrogen) atoms. The van der Waals surface area contributed by atoms with E-state index in [9.17, 15) is 9.59 Å². The lowest BCUT2D eigenvalue weighted by molar-refractivity contribution is -0.130. The van der Waals surface area contributed by atoms with Crippen molar-refractivity contribution in [3.63, 3.8) is 0 Å². The molecule has 0 saturated carbocycles. The maximum atomic E-state index is 11.3. The second-order valence-corrected chi connectivity index (χ2v) is 3.10. The van der Waals surface area contributed by atoms with Gasteiger partial charge >= 0.3 is 6.03 Å². The van der Waals surface area contributed by atoms with Gasteiger partial charge in [0.1, 0.15) is 5.54 Å². The fourth-order valence-electron chi connectivity index (χ4n) is 1.11. The van der Waals surface area contributed by atoms with Gasteiger partial charge in [0.25, 0.3) is 5.91 Å². The third-order valence-corrected chi connectivity index (χ3v) is 1.76. The molecule has 0 aromatic rings. The van der Waals surface area contributed by atoms with Gasteiger partial charge < -0.3 is 5.32 Å². The van der Waals surface area contributed by atoms with E-state index in [0.717, 1.165) is 0 Å². The molecule has 0 bridgehead atoms. The maximum absolute atomic E-state index is 11.3. The maximum Gasteiger partial charge on any atom is 0.324 e. The average Bonchev–Trinajstić information content (AvgIpc) is 2.26. The van der Waals surface area contributed by atoms with E-state index in [2.05, 4.69) is 5.32 Å². The average molecular weight is 186 g/mol. The fourth-order valence-corrected chi connectivity index (χ4v) is 1.11. The molecule has 4 nitrogen and oxygen atoms in total. The molecular formula is C9H18N2O2. The molecule has 1 aliphatic rings. The summed E-state index contributed by atoms with van der Waals surface area (Å²) in [6, 6.07) is -0.289. The second-order valence-electron chi connectivity index (χ2n) is 3.10. The van der Waals surface area contributed by atoms with E-state index in [4.69, 9.17) is 0 Å². The van der Waals surface area contributed by atoms with Crippen LogP contribution in [0.2, 0.25) is 0 Å². The number of nitrogens with zero attached hydrogens (tertiary/aromatic N) is 1. The highest BCUT2D eigenvalue weighted by molar-refractivity contribution is 6.06. The van der Waals surface area contributed by atoms with Crippen molar-refractivity contribution < 1.29 is 9.59 Å². The monoisotopic (exact) mass is 186 g/mol. The van der Waals surface area contributed by atoms with E-state index in [1.807, 2.05) is 13.8 Å². The Morgan fingerprint density at radius 1 is 1.31 bits per heavy atom. The summed E-state index contributed by atoms with van der Waals surface area (Å²) in [5.41, 5.74) is -0.715. The molecule has 76 valence electrons. The molecule has 0 aromatic carbocycles. The standard InChI is InChI=1S/C7H12N2O2.C2H6/c1-4-9-5(10)7(2,3)8-6(9)11;1-2/h4H2,1-3H3,(H,8,11);1-2H3. The summed E-state index contributed by atoms with van der Waals surface area (Å²) in [6.07, 6.45) is 0. The fraction of sp³-hybridized carbons (Fsp3) is 0.778. The summed E-state index contributed by atoms with van der Waals surface area (Å²) < 4.78 is 0. The van der Waals surface area contributed by atoms with E-state index in [1.165, 1.54) is 4.90 Å². The molecule has 1 N–H and O–H groups in total. The molecule has 1 fully saturated rings. The van der Waals surface area contributed by atoms with Crippen molar-refractivity contribution in [2.45, 2.75) is 40.2 Å². The molecule has 0 radical (unpaired) electrons. The van der Waals surface area contributed by atoms with E-state index in [0.29, 0.717) is 6.54 Å². The molecule has 0 spiro atoms. The molecule has 0 aromatic heterocycles. The summed E-state index contributed by atoms with van der Waals surface area (Å²) in [5.74, 6) is -0.148. The lowest BCUT2D eigenvalue weighted by Gasteiger charge is -2.13. The van der Waals surface area contributed by atoms with Gasteiger partial charge in [0.2, 0.25) is 0 Å². The zero-order chi connectivity index (χ0) is 10.6. The van der Waals surface area contributed by atoms with Crippen molar-refractivity contribution in [2.24, 2.45) is 0 Å². The van der Waals surface area contributed by atoms with Crippen LogP contribution >= 0.6 is 0 Å². The number of rotatable bonds is 1. The van der Waals surface area contributed by atoms with Crippen LogP contribution in [0.1, 0.15) is 34.6 Å². The summed E-state index contributed by atoms with van der Waals surface area (Å²) in [6.45, 7) is 9.61. The Morgan fingerprint density at radius 2 is 1.77 bits per heavy atom. The second kappa shape index (κ2) is 4.25. The first-order valence-electron chi connectivity index (χ1n) is 4.63. The molecule has 1 rings (SSSR count). The van der Waals surface area contributed by atoms with Crippen molar-refractivity contribution in [2.75, 3.05) is 6.54 Å². The van der Waals surface area contributed by atoms with Gasteiger partial charge in [0.05, 0.1) is 0 Å². The smallest absolute Gasteiger partial charge is 0.324 e. The number of hydrogen-bond acceptors (Lipinski definition) is 2. The van der Waals surface area contributed by atoms with Gasteiger partial charge in [-0.3, -0.25) is 9.69 Å². The summed E-state index contributed by atoms with van der Waals surface area (Å²) in [5, 5.41) is 2.58. The molecule has 3 amide bonds. The molecular weight excluding hydrogens is 168 g/mol. The Hall–Kier alpha value is -1.06. The van der Waals surface area contributed by atoms with E-state index in [1.54, 1.807) is 20.8 Å². The van der Waals surface area contributed by atoms with E-state index < -0.39 is 5.54 Å². The Morgan fingerprint density at radius 3 is 1.92 bits per heavy atom. The number of carbonyl (C=O) groups excluding carboxylic acids is 2. The number of imide groups is 1. The van der Waals surface area contributed by atoms with Gasteiger partial charge in [0.15, 0.2) is 0 Å². The van der Waals surface area contributed by atoms with Crippen molar-refractivity contribution in [3.8, 4) is 0 Å². The minimum atomic E-state index is -0.715. The van der Waals surface area contributed by atoms with Crippen molar-refractivity contribution in [3.05, 3.63) is 0 Å².